The maximum Gasteiger partial charge on any atom is 0.164 e. The Morgan fingerprint density at radius 3 is 1.38 bits per heavy atom. The molecule has 254 valence electrons. The molecule has 10 aromatic rings. The highest BCUT2D eigenvalue weighted by molar-refractivity contribution is 6.17. The summed E-state index contributed by atoms with van der Waals surface area (Å²) < 4.78 is 0. The summed E-state index contributed by atoms with van der Waals surface area (Å²) in [5.74, 6) is 1.96. The standard InChI is InChI=1S/C52H31N3/c1-2-13-34(14-3-1)49-53-50(35-23-22-33-25-27-38-37-15-5-4-12-32(37)24-28-39(38)44(33)30-35)55-51(54-49)36-26-29-43-42-18-8-11-21-47(42)52(48(43)31-36)45-19-9-6-16-40(45)41-17-7-10-20-46(41)52/h1-31H. The molecule has 3 heteroatoms. The summed E-state index contributed by atoms with van der Waals surface area (Å²) in [6.45, 7) is 0. The van der Waals surface area contributed by atoms with Crippen LogP contribution in [0.25, 0.3) is 88.7 Å². The molecule has 0 fully saturated rings. The highest BCUT2D eigenvalue weighted by atomic mass is 15.0. The molecule has 2 aliphatic rings. The van der Waals surface area contributed by atoms with E-state index in [9.17, 15) is 0 Å². The van der Waals surface area contributed by atoms with Gasteiger partial charge in [0.2, 0.25) is 0 Å². The Bertz CT molecular complexity index is 3150. The van der Waals surface area contributed by atoms with Crippen LogP contribution in [0, 0.1) is 0 Å². The highest BCUT2D eigenvalue weighted by Gasteiger charge is 2.51. The summed E-state index contributed by atoms with van der Waals surface area (Å²) in [7, 11) is 0. The van der Waals surface area contributed by atoms with E-state index in [0.717, 1.165) is 16.7 Å². The van der Waals surface area contributed by atoms with E-state index in [0.29, 0.717) is 17.5 Å². The van der Waals surface area contributed by atoms with E-state index in [1.54, 1.807) is 0 Å². The zero-order valence-electron chi connectivity index (χ0n) is 29.7. The SMILES string of the molecule is c1ccc(-c2nc(-c3ccc4c(c3)C3(c5ccccc5-c5ccccc53)c3ccccc3-4)nc(-c3ccc4ccc5c6ccccc6ccc5c4c3)n2)cc1. The van der Waals surface area contributed by atoms with Gasteiger partial charge in [-0.1, -0.05) is 176 Å². The lowest BCUT2D eigenvalue weighted by Gasteiger charge is -2.30. The van der Waals surface area contributed by atoms with Crippen LogP contribution in [0.1, 0.15) is 22.3 Å². The molecule has 0 aliphatic heterocycles. The quantitative estimate of drug-likeness (QED) is 0.173. The monoisotopic (exact) mass is 697 g/mol. The molecule has 0 N–H and O–H groups in total. The average Bonchev–Trinajstić information content (AvgIpc) is 3.73. The predicted molar refractivity (Wildman–Crippen MR) is 225 cm³/mol. The van der Waals surface area contributed by atoms with Crippen molar-refractivity contribution in [2.75, 3.05) is 0 Å². The van der Waals surface area contributed by atoms with Crippen LogP contribution in [-0.2, 0) is 5.41 Å². The van der Waals surface area contributed by atoms with Gasteiger partial charge in [0.15, 0.2) is 17.5 Å². The van der Waals surface area contributed by atoms with Gasteiger partial charge < -0.3 is 0 Å². The van der Waals surface area contributed by atoms with E-state index in [2.05, 4.69) is 170 Å². The minimum Gasteiger partial charge on any atom is -0.208 e. The van der Waals surface area contributed by atoms with Gasteiger partial charge in [-0.05, 0) is 89.0 Å². The second-order valence-electron chi connectivity index (χ2n) is 14.7. The van der Waals surface area contributed by atoms with Crippen LogP contribution in [-0.4, -0.2) is 15.0 Å². The number of hydrogen-bond donors (Lipinski definition) is 0. The molecular formula is C52H31N3. The number of fused-ring (bicyclic) bond motifs is 15. The van der Waals surface area contributed by atoms with E-state index in [4.69, 9.17) is 15.0 Å². The first-order valence-corrected chi connectivity index (χ1v) is 18.9. The summed E-state index contributed by atoms with van der Waals surface area (Å²) in [6, 6.07) is 67.9. The summed E-state index contributed by atoms with van der Waals surface area (Å²) in [6.07, 6.45) is 0. The Morgan fingerprint density at radius 1 is 0.273 bits per heavy atom. The first-order valence-electron chi connectivity index (χ1n) is 18.9. The Labute approximate surface area is 318 Å². The molecule has 0 amide bonds. The van der Waals surface area contributed by atoms with Crippen LogP contribution in [0.3, 0.4) is 0 Å². The summed E-state index contributed by atoms with van der Waals surface area (Å²) in [5.41, 5.74) is 12.7. The first-order chi connectivity index (χ1) is 27.3. The van der Waals surface area contributed by atoms with Crippen LogP contribution in [0.5, 0.6) is 0 Å². The largest absolute Gasteiger partial charge is 0.208 e. The van der Waals surface area contributed by atoms with Crippen LogP contribution < -0.4 is 0 Å². The van der Waals surface area contributed by atoms with Gasteiger partial charge in [-0.25, -0.2) is 15.0 Å². The van der Waals surface area contributed by atoms with Gasteiger partial charge in [-0.2, -0.15) is 0 Å². The van der Waals surface area contributed by atoms with Crippen LogP contribution in [0.15, 0.2) is 188 Å². The van der Waals surface area contributed by atoms with Crippen molar-refractivity contribution in [3.63, 3.8) is 0 Å². The normalized spacial score (nSPS) is 13.2. The minimum absolute atomic E-state index is 0.448. The Hall–Kier alpha value is -7.23. The molecule has 9 aromatic carbocycles. The summed E-state index contributed by atoms with van der Waals surface area (Å²) in [5, 5.41) is 7.32. The third-order valence-corrected chi connectivity index (χ3v) is 11.9. The Morgan fingerprint density at radius 2 is 0.727 bits per heavy atom. The van der Waals surface area contributed by atoms with Crippen molar-refractivity contribution < 1.29 is 0 Å². The number of nitrogens with zero attached hydrogens (tertiary/aromatic N) is 3. The molecule has 0 atom stereocenters. The fourth-order valence-electron chi connectivity index (χ4n) is 9.54. The molecule has 0 saturated heterocycles. The maximum absolute atomic E-state index is 5.29. The fraction of sp³-hybridized carbons (Fsp3) is 0.0192. The van der Waals surface area contributed by atoms with Crippen molar-refractivity contribution in [3.05, 3.63) is 210 Å². The second-order valence-corrected chi connectivity index (χ2v) is 14.7. The van der Waals surface area contributed by atoms with Gasteiger partial charge in [-0.15, -0.1) is 0 Å². The molecule has 1 aromatic heterocycles. The lowest BCUT2D eigenvalue weighted by Crippen LogP contribution is -2.25. The van der Waals surface area contributed by atoms with E-state index < -0.39 is 5.41 Å². The number of aromatic nitrogens is 3. The molecule has 0 radical (unpaired) electrons. The fourth-order valence-corrected chi connectivity index (χ4v) is 9.54. The lowest BCUT2D eigenvalue weighted by atomic mass is 9.70. The average molecular weight is 698 g/mol. The molecule has 1 heterocycles. The summed E-state index contributed by atoms with van der Waals surface area (Å²) >= 11 is 0. The van der Waals surface area contributed by atoms with Crippen molar-refractivity contribution in [2.24, 2.45) is 0 Å². The van der Waals surface area contributed by atoms with Gasteiger partial charge in [0.1, 0.15) is 0 Å². The number of hydrogen-bond acceptors (Lipinski definition) is 3. The van der Waals surface area contributed by atoms with Crippen molar-refractivity contribution in [2.45, 2.75) is 5.41 Å². The molecule has 2 aliphatic carbocycles. The van der Waals surface area contributed by atoms with E-state index in [1.807, 2.05) is 18.2 Å². The second kappa shape index (κ2) is 11.4. The van der Waals surface area contributed by atoms with E-state index >= 15 is 0 Å². The number of benzene rings is 9. The van der Waals surface area contributed by atoms with Gasteiger partial charge in [-0.3, -0.25) is 0 Å². The smallest absolute Gasteiger partial charge is 0.164 e. The minimum atomic E-state index is -0.448. The third kappa shape index (κ3) is 4.24. The zero-order valence-corrected chi connectivity index (χ0v) is 29.7. The van der Waals surface area contributed by atoms with Crippen molar-refractivity contribution >= 4 is 32.3 Å². The topological polar surface area (TPSA) is 38.7 Å². The molecular weight excluding hydrogens is 667 g/mol. The third-order valence-electron chi connectivity index (χ3n) is 11.9. The van der Waals surface area contributed by atoms with Crippen LogP contribution >= 0.6 is 0 Å². The van der Waals surface area contributed by atoms with E-state index in [1.165, 1.54) is 76.8 Å². The Kier molecular flexibility index (Phi) is 6.26. The van der Waals surface area contributed by atoms with Crippen molar-refractivity contribution in [1.29, 1.82) is 0 Å². The van der Waals surface area contributed by atoms with E-state index in [-0.39, 0.29) is 0 Å². The van der Waals surface area contributed by atoms with Gasteiger partial charge in [0, 0.05) is 16.7 Å². The predicted octanol–water partition coefficient (Wildman–Crippen LogP) is 12.7. The van der Waals surface area contributed by atoms with Crippen LogP contribution in [0.2, 0.25) is 0 Å². The van der Waals surface area contributed by atoms with Crippen LogP contribution in [0.4, 0.5) is 0 Å². The van der Waals surface area contributed by atoms with Gasteiger partial charge in [0.05, 0.1) is 5.41 Å². The molecule has 12 rings (SSSR count). The molecule has 1 spiro atoms. The molecule has 0 saturated carbocycles. The molecule has 0 bridgehead atoms. The zero-order chi connectivity index (χ0) is 36.1. The highest BCUT2D eigenvalue weighted by Crippen LogP contribution is 2.63. The molecule has 3 nitrogen and oxygen atoms in total. The first kappa shape index (κ1) is 30.3. The Balaban J connectivity index is 1.09. The summed E-state index contributed by atoms with van der Waals surface area (Å²) in [4.78, 5) is 15.6. The van der Waals surface area contributed by atoms with Gasteiger partial charge in [0.25, 0.3) is 0 Å². The van der Waals surface area contributed by atoms with Crippen molar-refractivity contribution in [1.82, 2.24) is 15.0 Å². The van der Waals surface area contributed by atoms with Gasteiger partial charge >= 0.3 is 0 Å². The molecule has 55 heavy (non-hydrogen) atoms. The van der Waals surface area contributed by atoms with Crippen molar-refractivity contribution in [3.8, 4) is 56.4 Å². The number of rotatable bonds is 3. The maximum atomic E-state index is 5.29. The lowest BCUT2D eigenvalue weighted by molar-refractivity contribution is 0.794. The molecule has 0 unspecified atom stereocenters.